The number of hydrogen-bond acceptors (Lipinski definition) is 6. The number of halogens is 1. The topological polar surface area (TPSA) is 75.7 Å². The molecule has 4 heterocycles. The minimum Gasteiger partial charge on any atom is -0.366 e. The standard InChI is InChI=1S/C21H21FN6O2S/c1-25-20(30)19-16(8-13-31-19)28-17(23-24-21(25)28)6-7-18(29)27-11-9-26(10-12-27)15-5-3-2-4-14(15)22/h2-5,8,13H,6-7,9-12H2,1H3. The van der Waals surface area contributed by atoms with E-state index in [9.17, 15) is 14.0 Å². The Hall–Kier alpha value is -3.27. The number of para-hydroxylation sites is 1. The van der Waals surface area contributed by atoms with Crippen LogP contribution in [0.3, 0.4) is 0 Å². The first-order valence-corrected chi connectivity index (χ1v) is 11.0. The predicted molar refractivity (Wildman–Crippen MR) is 117 cm³/mol. The molecule has 3 aromatic heterocycles. The molecule has 10 heteroatoms. The van der Waals surface area contributed by atoms with Crippen molar-refractivity contribution in [3.05, 3.63) is 57.7 Å². The van der Waals surface area contributed by atoms with Gasteiger partial charge in [0.25, 0.3) is 5.56 Å². The van der Waals surface area contributed by atoms with E-state index in [0.717, 1.165) is 5.52 Å². The maximum Gasteiger partial charge on any atom is 0.272 e. The summed E-state index contributed by atoms with van der Waals surface area (Å²) in [4.78, 5) is 29.0. The third-order valence-corrected chi connectivity index (χ3v) is 6.68. The first kappa shape index (κ1) is 19.7. The van der Waals surface area contributed by atoms with Crippen LogP contribution in [0.4, 0.5) is 10.1 Å². The zero-order valence-corrected chi connectivity index (χ0v) is 17.8. The van der Waals surface area contributed by atoms with Crippen molar-refractivity contribution in [2.45, 2.75) is 12.8 Å². The van der Waals surface area contributed by atoms with E-state index in [1.54, 1.807) is 19.2 Å². The maximum absolute atomic E-state index is 14.0. The Kier molecular flexibility index (Phi) is 4.93. The van der Waals surface area contributed by atoms with Gasteiger partial charge in [-0.15, -0.1) is 21.5 Å². The van der Waals surface area contributed by atoms with Gasteiger partial charge in [-0.3, -0.25) is 18.6 Å². The van der Waals surface area contributed by atoms with Crippen LogP contribution in [0.1, 0.15) is 12.2 Å². The Morgan fingerprint density at radius 1 is 1.13 bits per heavy atom. The van der Waals surface area contributed by atoms with Crippen molar-refractivity contribution in [2.75, 3.05) is 31.1 Å². The Balaban J connectivity index is 1.28. The van der Waals surface area contributed by atoms with Crippen LogP contribution in [0.25, 0.3) is 16.0 Å². The smallest absolute Gasteiger partial charge is 0.272 e. The SMILES string of the molecule is Cn1c(=O)c2sccc2n2c(CCC(=O)N3CCN(c4ccccc4F)CC3)nnc12. The monoisotopic (exact) mass is 440 g/mol. The highest BCUT2D eigenvalue weighted by atomic mass is 32.1. The van der Waals surface area contributed by atoms with Gasteiger partial charge in [-0.05, 0) is 23.6 Å². The molecule has 5 rings (SSSR count). The fourth-order valence-corrected chi connectivity index (χ4v) is 4.95. The second kappa shape index (κ2) is 7.77. The fourth-order valence-electron chi connectivity index (χ4n) is 4.10. The van der Waals surface area contributed by atoms with Crippen LogP contribution in [-0.2, 0) is 18.3 Å². The van der Waals surface area contributed by atoms with E-state index in [1.165, 1.54) is 22.0 Å². The van der Waals surface area contributed by atoms with E-state index in [0.29, 0.717) is 61.0 Å². The largest absolute Gasteiger partial charge is 0.366 e. The highest BCUT2D eigenvalue weighted by Crippen LogP contribution is 2.22. The lowest BCUT2D eigenvalue weighted by atomic mass is 10.2. The van der Waals surface area contributed by atoms with Crippen LogP contribution in [0, 0.1) is 5.82 Å². The molecule has 4 aromatic rings. The van der Waals surface area contributed by atoms with Crippen molar-refractivity contribution >= 4 is 38.9 Å². The number of carbonyl (C=O) groups is 1. The molecule has 31 heavy (non-hydrogen) atoms. The molecule has 0 unspecified atom stereocenters. The van der Waals surface area contributed by atoms with E-state index < -0.39 is 0 Å². The normalized spacial score (nSPS) is 14.6. The molecular weight excluding hydrogens is 419 g/mol. The Labute approximate surface area is 181 Å². The highest BCUT2D eigenvalue weighted by molar-refractivity contribution is 7.17. The zero-order chi connectivity index (χ0) is 21.5. The van der Waals surface area contributed by atoms with E-state index in [1.807, 2.05) is 31.7 Å². The molecule has 0 N–H and O–H groups in total. The average Bonchev–Trinajstić information content (AvgIpc) is 3.43. The molecule has 1 aliphatic heterocycles. The van der Waals surface area contributed by atoms with Crippen molar-refractivity contribution in [1.82, 2.24) is 24.1 Å². The molecule has 1 fully saturated rings. The molecule has 0 aliphatic carbocycles. The van der Waals surface area contributed by atoms with E-state index in [2.05, 4.69) is 10.2 Å². The van der Waals surface area contributed by atoms with Crippen molar-refractivity contribution in [3.8, 4) is 0 Å². The summed E-state index contributed by atoms with van der Waals surface area (Å²) in [6.07, 6.45) is 0.728. The summed E-state index contributed by atoms with van der Waals surface area (Å²) in [5.74, 6) is 0.926. The van der Waals surface area contributed by atoms with Gasteiger partial charge in [0.15, 0.2) is 0 Å². The third kappa shape index (κ3) is 3.36. The Morgan fingerprint density at radius 3 is 2.68 bits per heavy atom. The maximum atomic E-state index is 14.0. The number of piperazine rings is 1. The third-order valence-electron chi connectivity index (χ3n) is 5.79. The summed E-state index contributed by atoms with van der Waals surface area (Å²) < 4.78 is 18.0. The second-order valence-corrected chi connectivity index (χ2v) is 8.49. The Bertz CT molecular complexity index is 1330. The molecule has 0 bridgehead atoms. The van der Waals surface area contributed by atoms with Crippen LogP contribution < -0.4 is 10.5 Å². The van der Waals surface area contributed by atoms with Crippen LogP contribution >= 0.6 is 11.3 Å². The number of anilines is 1. The number of benzene rings is 1. The van der Waals surface area contributed by atoms with E-state index in [4.69, 9.17) is 0 Å². The molecule has 1 aromatic carbocycles. The van der Waals surface area contributed by atoms with Gasteiger partial charge >= 0.3 is 0 Å². The van der Waals surface area contributed by atoms with Crippen molar-refractivity contribution in [1.29, 1.82) is 0 Å². The lowest BCUT2D eigenvalue weighted by Gasteiger charge is -2.36. The summed E-state index contributed by atoms with van der Waals surface area (Å²) in [7, 11) is 1.68. The molecule has 0 saturated carbocycles. The van der Waals surface area contributed by atoms with Gasteiger partial charge in [0.05, 0.1) is 11.2 Å². The number of carbonyl (C=O) groups excluding carboxylic acids is 1. The predicted octanol–water partition coefficient (Wildman–Crippen LogP) is 2.06. The van der Waals surface area contributed by atoms with Gasteiger partial charge in [-0.1, -0.05) is 12.1 Å². The number of nitrogens with zero attached hydrogens (tertiary/aromatic N) is 6. The Morgan fingerprint density at radius 2 is 1.90 bits per heavy atom. The van der Waals surface area contributed by atoms with Gasteiger partial charge < -0.3 is 9.80 Å². The number of thiophene rings is 1. The van der Waals surface area contributed by atoms with Gasteiger partial charge in [0, 0.05) is 46.1 Å². The minimum absolute atomic E-state index is 0.0383. The fraction of sp³-hybridized carbons (Fsp3) is 0.333. The molecular formula is C21H21FN6O2S. The summed E-state index contributed by atoms with van der Waals surface area (Å²) >= 11 is 1.39. The average molecular weight is 441 g/mol. The van der Waals surface area contributed by atoms with Crippen LogP contribution in [-0.4, -0.2) is 56.2 Å². The minimum atomic E-state index is -0.241. The number of amides is 1. The summed E-state index contributed by atoms with van der Waals surface area (Å²) in [6, 6.07) is 8.59. The summed E-state index contributed by atoms with van der Waals surface area (Å²) in [5, 5.41) is 10.3. The first-order chi connectivity index (χ1) is 15.0. The van der Waals surface area contributed by atoms with Crippen molar-refractivity contribution < 1.29 is 9.18 Å². The molecule has 8 nitrogen and oxygen atoms in total. The zero-order valence-electron chi connectivity index (χ0n) is 17.0. The molecule has 1 aliphatic rings. The molecule has 1 amide bonds. The van der Waals surface area contributed by atoms with Crippen LogP contribution in [0.2, 0.25) is 0 Å². The van der Waals surface area contributed by atoms with Gasteiger partial charge in [-0.25, -0.2) is 4.39 Å². The van der Waals surface area contributed by atoms with Crippen molar-refractivity contribution in [2.24, 2.45) is 7.05 Å². The number of aromatic nitrogens is 4. The van der Waals surface area contributed by atoms with Crippen molar-refractivity contribution in [3.63, 3.8) is 0 Å². The van der Waals surface area contributed by atoms with Gasteiger partial charge in [0.2, 0.25) is 11.7 Å². The van der Waals surface area contributed by atoms with Gasteiger partial charge in [-0.2, -0.15) is 0 Å². The molecule has 0 atom stereocenters. The van der Waals surface area contributed by atoms with E-state index in [-0.39, 0.29) is 17.3 Å². The highest BCUT2D eigenvalue weighted by Gasteiger charge is 2.23. The molecule has 0 spiro atoms. The summed E-state index contributed by atoms with van der Waals surface area (Å²) in [5.41, 5.74) is 1.25. The summed E-state index contributed by atoms with van der Waals surface area (Å²) in [6.45, 7) is 2.30. The lowest BCUT2D eigenvalue weighted by Crippen LogP contribution is -2.49. The first-order valence-electron chi connectivity index (χ1n) is 10.1. The van der Waals surface area contributed by atoms with Crippen LogP contribution in [0.5, 0.6) is 0 Å². The van der Waals surface area contributed by atoms with Crippen LogP contribution in [0.15, 0.2) is 40.5 Å². The number of fused-ring (bicyclic) bond motifs is 3. The second-order valence-electron chi connectivity index (χ2n) is 7.57. The lowest BCUT2D eigenvalue weighted by molar-refractivity contribution is -0.131. The van der Waals surface area contributed by atoms with E-state index >= 15 is 0 Å². The molecule has 160 valence electrons. The number of aryl methyl sites for hydroxylation is 2. The number of rotatable bonds is 4. The molecule has 0 radical (unpaired) electrons. The molecule has 1 saturated heterocycles. The number of hydrogen-bond donors (Lipinski definition) is 0. The quantitative estimate of drug-likeness (QED) is 0.486. The van der Waals surface area contributed by atoms with Gasteiger partial charge in [0.1, 0.15) is 16.3 Å².